The molecule has 5 nitrogen and oxygen atoms in total. The minimum atomic E-state index is -6.01. The van der Waals surface area contributed by atoms with Crippen molar-refractivity contribution in [1.29, 1.82) is 0 Å². The fourth-order valence-electron chi connectivity index (χ4n) is 1.23. The fourth-order valence-corrected chi connectivity index (χ4v) is 1.50. The molecule has 108 valence electrons. The van der Waals surface area contributed by atoms with Crippen LogP contribution in [-0.4, -0.2) is 30.8 Å². The first-order valence-corrected chi connectivity index (χ1v) is 7.14. The minimum absolute atomic E-state index is 0.309. The molecular weight excluding hydrogens is 270 g/mol. The Morgan fingerprint density at radius 2 is 1.67 bits per heavy atom. The highest BCUT2D eigenvalue weighted by atomic mass is 32.2. The molecule has 18 heavy (non-hydrogen) atoms. The molecule has 0 aromatic carbocycles. The van der Waals surface area contributed by atoms with Crippen LogP contribution >= 0.6 is 0 Å². The van der Waals surface area contributed by atoms with Crippen LogP contribution in [0.25, 0.3) is 0 Å². The molecule has 0 saturated heterocycles. The summed E-state index contributed by atoms with van der Waals surface area (Å²) in [6.45, 7) is 1.74. The van der Waals surface area contributed by atoms with Crippen molar-refractivity contribution in [2.45, 2.75) is 50.7 Å². The van der Waals surface area contributed by atoms with Crippen molar-refractivity contribution in [2.24, 2.45) is 0 Å². The number of carbonyl (C=O) groups is 1. The number of ether oxygens (including phenoxy) is 1. The number of rotatable bonds is 9. The molecule has 0 unspecified atom stereocenters. The Morgan fingerprint density at radius 3 is 2.17 bits per heavy atom. The van der Waals surface area contributed by atoms with E-state index in [1.807, 2.05) is 6.92 Å². The first kappa shape index (κ1) is 17.2. The molecule has 8 heteroatoms. The Balaban J connectivity index is 3.85. The van der Waals surface area contributed by atoms with Crippen molar-refractivity contribution in [3.05, 3.63) is 0 Å². The molecule has 0 rings (SSSR count). The van der Waals surface area contributed by atoms with Gasteiger partial charge in [0, 0.05) is 0 Å². The largest absolute Gasteiger partial charge is 0.743 e. The van der Waals surface area contributed by atoms with Gasteiger partial charge in [-0.05, 0) is 6.42 Å². The zero-order chi connectivity index (χ0) is 14.2. The van der Waals surface area contributed by atoms with Crippen molar-refractivity contribution in [1.82, 2.24) is 0 Å². The van der Waals surface area contributed by atoms with Crippen LogP contribution in [0.5, 0.6) is 0 Å². The lowest BCUT2D eigenvalue weighted by Crippen LogP contribution is -2.39. The first-order chi connectivity index (χ1) is 8.23. The molecule has 0 N–H and O–H groups in total. The van der Waals surface area contributed by atoms with E-state index in [2.05, 4.69) is 4.74 Å². The van der Waals surface area contributed by atoms with Gasteiger partial charge in [0.2, 0.25) is 0 Å². The zero-order valence-electron chi connectivity index (χ0n) is 10.2. The van der Waals surface area contributed by atoms with Gasteiger partial charge in [0.25, 0.3) is 0 Å². The number of halogens is 2. The van der Waals surface area contributed by atoms with Crippen LogP contribution in [0.15, 0.2) is 0 Å². The van der Waals surface area contributed by atoms with E-state index in [9.17, 15) is 26.5 Å². The molecule has 0 bridgehead atoms. The molecule has 0 spiro atoms. The average Bonchev–Trinajstić information content (AvgIpc) is 2.26. The van der Waals surface area contributed by atoms with E-state index in [0.29, 0.717) is 12.8 Å². The standard InChI is InChI=1S/C10H18F2O5S/c1-2-3-4-5-6-7-8-17-9(13)10(11,12)18(14,15)16/h2-8H2,1H3,(H,14,15,16)/p-1. The van der Waals surface area contributed by atoms with Gasteiger partial charge < -0.3 is 9.29 Å². The van der Waals surface area contributed by atoms with E-state index in [0.717, 1.165) is 25.7 Å². The molecule has 0 aromatic rings. The second-order valence-electron chi connectivity index (χ2n) is 3.87. The summed E-state index contributed by atoms with van der Waals surface area (Å²) < 4.78 is 59.6. The molecule has 0 aromatic heterocycles. The molecule has 0 radical (unpaired) electrons. The lowest BCUT2D eigenvalue weighted by Gasteiger charge is -2.17. The second kappa shape index (κ2) is 7.63. The third kappa shape index (κ3) is 5.72. The van der Waals surface area contributed by atoms with Crippen molar-refractivity contribution in [3.63, 3.8) is 0 Å². The number of hydrogen-bond donors (Lipinski definition) is 0. The molecule has 0 fully saturated rings. The van der Waals surface area contributed by atoms with Gasteiger partial charge in [0.15, 0.2) is 10.1 Å². The molecule has 0 amide bonds. The summed E-state index contributed by atoms with van der Waals surface area (Å²) in [5, 5.41) is -5.00. The van der Waals surface area contributed by atoms with Crippen molar-refractivity contribution < 1.29 is 31.3 Å². The maximum Gasteiger partial charge on any atom is 0.428 e. The van der Waals surface area contributed by atoms with Crippen LogP contribution < -0.4 is 0 Å². The average molecular weight is 287 g/mol. The van der Waals surface area contributed by atoms with Crippen LogP contribution in [0.1, 0.15) is 45.4 Å². The predicted molar refractivity (Wildman–Crippen MR) is 59.0 cm³/mol. The third-order valence-corrected chi connectivity index (χ3v) is 3.08. The number of carbonyl (C=O) groups excluding carboxylic acids is 1. The van der Waals surface area contributed by atoms with E-state index >= 15 is 0 Å². The maximum absolute atomic E-state index is 12.6. The van der Waals surface area contributed by atoms with Gasteiger partial charge in [-0.3, -0.25) is 0 Å². The number of hydrogen-bond acceptors (Lipinski definition) is 5. The second-order valence-corrected chi connectivity index (χ2v) is 5.30. The van der Waals surface area contributed by atoms with Crippen LogP contribution in [0.3, 0.4) is 0 Å². The van der Waals surface area contributed by atoms with Crippen LogP contribution in [-0.2, 0) is 19.6 Å². The maximum atomic E-state index is 12.6. The summed E-state index contributed by atoms with van der Waals surface area (Å²) in [5.74, 6) is -2.30. The Labute approximate surface area is 105 Å². The quantitative estimate of drug-likeness (QED) is 0.368. The SMILES string of the molecule is CCCCCCCCOC(=O)C(F)(F)S(=O)(=O)[O-]. The zero-order valence-corrected chi connectivity index (χ0v) is 11.0. The lowest BCUT2D eigenvalue weighted by atomic mass is 10.1. The third-order valence-electron chi connectivity index (χ3n) is 2.28. The van der Waals surface area contributed by atoms with Gasteiger partial charge in [0.1, 0.15) is 0 Å². The normalized spacial score (nSPS) is 12.4. The molecule has 0 atom stereocenters. The van der Waals surface area contributed by atoms with Gasteiger partial charge in [-0.25, -0.2) is 13.2 Å². The summed E-state index contributed by atoms with van der Waals surface area (Å²) >= 11 is 0. The molecule has 0 aliphatic carbocycles. The number of alkyl halides is 2. The van der Waals surface area contributed by atoms with Crippen LogP contribution in [0, 0.1) is 0 Å². The summed E-state index contributed by atoms with van der Waals surface area (Å²) in [6, 6.07) is 0. The monoisotopic (exact) mass is 287 g/mol. The number of esters is 1. The van der Waals surface area contributed by atoms with E-state index in [1.165, 1.54) is 0 Å². The van der Waals surface area contributed by atoms with E-state index in [1.54, 1.807) is 0 Å². The molecular formula is C10H17F2O5S-. The topological polar surface area (TPSA) is 83.5 Å². The minimum Gasteiger partial charge on any atom is -0.743 e. The molecule has 0 aliphatic heterocycles. The van der Waals surface area contributed by atoms with Crippen molar-refractivity contribution >= 4 is 16.1 Å². The number of unbranched alkanes of at least 4 members (excludes halogenated alkanes) is 5. The summed E-state index contributed by atoms with van der Waals surface area (Å²) in [7, 11) is -6.01. The smallest absolute Gasteiger partial charge is 0.428 e. The van der Waals surface area contributed by atoms with E-state index in [4.69, 9.17) is 0 Å². The highest BCUT2D eigenvalue weighted by Crippen LogP contribution is 2.22. The van der Waals surface area contributed by atoms with Gasteiger partial charge >= 0.3 is 11.2 Å². The van der Waals surface area contributed by atoms with E-state index < -0.39 is 21.3 Å². The predicted octanol–water partition coefficient (Wildman–Crippen LogP) is 2.03. The van der Waals surface area contributed by atoms with Gasteiger partial charge in [0.05, 0.1) is 6.61 Å². The molecule has 0 heterocycles. The summed E-state index contributed by atoms with van der Waals surface area (Å²) in [5.41, 5.74) is 0. The Bertz CT molecular complexity index is 353. The summed E-state index contributed by atoms with van der Waals surface area (Å²) in [4.78, 5) is 10.7. The fraction of sp³-hybridized carbons (Fsp3) is 0.900. The lowest BCUT2D eigenvalue weighted by molar-refractivity contribution is -0.161. The summed E-state index contributed by atoms with van der Waals surface area (Å²) in [6.07, 6.45) is 5.11. The first-order valence-electron chi connectivity index (χ1n) is 5.74. The Kier molecular flexibility index (Phi) is 7.30. The van der Waals surface area contributed by atoms with Gasteiger partial charge in [-0.1, -0.05) is 39.0 Å². The Morgan fingerprint density at radius 1 is 1.17 bits per heavy atom. The highest BCUT2D eigenvalue weighted by molar-refractivity contribution is 7.87. The van der Waals surface area contributed by atoms with Gasteiger partial charge in [-0.2, -0.15) is 8.78 Å². The van der Waals surface area contributed by atoms with Crippen molar-refractivity contribution in [3.8, 4) is 0 Å². The highest BCUT2D eigenvalue weighted by Gasteiger charge is 2.48. The van der Waals surface area contributed by atoms with E-state index in [-0.39, 0.29) is 6.61 Å². The molecule has 0 saturated carbocycles. The molecule has 0 aliphatic rings. The van der Waals surface area contributed by atoms with Crippen LogP contribution in [0.4, 0.5) is 8.78 Å². The Hall–Kier alpha value is -0.760. The van der Waals surface area contributed by atoms with Crippen molar-refractivity contribution in [2.75, 3.05) is 6.61 Å². The van der Waals surface area contributed by atoms with Crippen LogP contribution in [0.2, 0.25) is 0 Å². The van der Waals surface area contributed by atoms with Gasteiger partial charge in [-0.15, -0.1) is 0 Å².